The van der Waals surface area contributed by atoms with E-state index in [9.17, 15) is 4.79 Å². The maximum atomic E-state index is 11.3. The van der Waals surface area contributed by atoms with Crippen LogP contribution in [0.5, 0.6) is 0 Å². The number of cyclic esters (lactones) is 1. The highest BCUT2D eigenvalue weighted by molar-refractivity contribution is 5.69. The van der Waals surface area contributed by atoms with E-state index >= 15 is 0 Å². The number of hydrogen-bond acceptors (Lipinski definition) is 2. The maximum Gasteiger partial charge on any atom is 0.305 e. The van der Waals surface area contributed by atoms with Gasteiger partial charge in [-0.1, -0.05) is 36.5 Å². The summed E-state index contributed by atoms with van der Waals surface area (Å²) in [7, 11) is 0. The Kier molecular flexibility index (Phi) is 8.00. The fourth-order valence-electron chi connectivity index (χ4n) is 1.62. The second-order valence-corrected chi connectivity index (χ2v) is 4.14. The van der Waals surface area contributed by atoms with E-state index in [2.05, 4.69) is 36.5 Å². The molecule has 0 aromatic rings. The Balaban J connectivity index is 2.33. The van der Waals surface area contributed by atoms with E-state index in [1.165, 1.54) is 0 Å². The Hall–Kier alpha value is -1.31. The Morgan fingerprint density at radius 1 is 0.824 bits per heavy atom. The highest BCUT2D eigenvalue weighted by atomic mass is 16.5. The minimum Gasteiger partial charge on any atom is -0.465 e. The third kappa shape index (κ3) is 8.49. The summed E-state index contributed by atoms with van der Waals surface area (Å²) in [5.41, 5.74) is 0. The zero-order valence-corrected chi connectivity index (χ0v) is 10.4. The van der Waals surface area contributed by atoms with Crippen LogP contribution in [-0.4, -0.2) is 12.6 Å². The van der Waals surface area contributed by atoms with Crippen molar-refractivity contribution in [2.75, 3.05) is 6.61 Å². The number of esters is 1. The molecule has 0 aromatic heterocycles. The maximum absolute atomic E-state index is 11.3. The van der Waals surface area contributed by atoms with Crippen LogP contribution in [0.2, 0.25) is 0 Å². The topological polar surface area (TPSA) is 26.3 Å². The van der Waals surface area contributed by atoms with Crippen LogP contribution in [0.3, 0.4) is 0 Å². The predicted octanol–water partition coefficient (Wildman–Crippen LogP) is 3.94. The van der Waals surface area contributed by atoms with Gasteiger partial charge in [0.15, 0.2) is 0 Å². The number of allylic oxidation sites excluding steroid dienone is 5. The van der Waals surface area contributed by atoms with Crippen LogP contribution in [0, 0.1) is 0 Å². The molecule has 0 aliphatic carbocycles. The molecule has 2 nitrogen and oxygen atoms in total. The van der Waals surface area contributed by atoms with E-state index in [0.717, 1.165) is 38.5 Å². The van der Waals surface area contributed by atoms with Gasteiger partial charge in [-0.05, 0) is 38.5 Å². The first-order valence-corrected chi connectivity index (χ1v) is 6.50. The molecule has 1 rings (SSSR count). The minimum absolute atomic E-state index is 0.0608. The van der Waals surface area contributed by atoms with Crippen LogP contribution in [0.4, 0.5) is 0 Å². The second-order valence-electron chi connectivity index (χ2n) is 4.14. The first-order chi connectivity index (χ1) is 8.39. The summed E-state index contributed by atoms with van der Waals surface area (Å²) < 4.78 is 5.12. The monoisotopic (exact) mass is 234 g/mol. The largest absolute Gasteiger partial charge is 0.465 e. The molecule has 1 aliphatic heterocycles. The van der Waals surface area contributed by atoms with Crippen molar-refractivity contribution in [1.82, 2.24) is 0 Å². The fourth-order valence-corrected chi connectivity index (χ4v) is 1.62. The lowest BCUT2D eigenvalue weighted by molar-refractivity contribution is -0.143. The van der Waals surface area contributed by atoms with Crippen molar-refractivity contribution in [3.63, 3.8) is 0 Å². The SMILES string of the molecule is O=C1CCCCC=CCC=CCC=CCCO1. The number of hydrogen-bond donors (Lipinski definition) is 0. The third-order valence-corrected chi connectivity index (χ3v) is 2.59. The summed E-state index contributed by atoms with van der Waals surface area (Å²) in [5.74, 6) is -0.0608. The molecule has 0 saturated carbocycles. The number of rotatable bonds is 0. The van der Waals surface area contributed by atoms with Gasteiger partial charge in [-0.15, -0.1) is 0 Å². The summed E-state index contributed by atoms with van der Waals surface area (Å²) >= 11 is 0. The summed E-state index contributed by atoms with van der Waals surface area (Å²) in [5, 5.41) is 0. The van der Waals surface area contributed by atoms with E-state index < -0.39 is 0 Å². The summed E-state index contributed by atoms with van der Waals surface area (Å²) in [4.78, 5) is 11.3. The van der Waals surface area contributed by atoms with Crippen LogP contribution in [0.1, 0.15) is 44.9 Å². The van der Waals surface area contributed by atoms with Gasteiger partial charge < -0.3 is 4.74 Å². The normalized spacial score (nSPS) is 20.1. The Bertz CT molecular complexity index is 287. The average Bonchev–Trinajstić information content (AvgIpc) is 2.32. The Morgan fingerprint density at radius 3 is 2.24 bits per heavy atom. The van der Waals surface area contributed by atoms with Crippen molar-refractivity contribution in [3.8, 4) is 0 Å². The van der Waals surface area contributed by atoms with E-state index in [0.29, 0.717) is 13.0 Å². The van der Waals surface area contributed by atoms with Crippen LogP contribution < -0.4 is 0 Å². The van der Waals surface area contributed by atoms with E-state index in [1.807, 2.05) is 0 Å². The van der Waals surface area contributed by atoms with Crippen molar-refractivity contribution in [2.45, 2.75) is 44.9 Å². The molecular weight excluding hydrogens is 212 g/mol. The summed E-state index contributed by atoms with van der Waals surface area (Å²) in [6.07, 6.45) is 19.3. The van der Waals surface area contributed by atoms with Crippen LogP contribution in [0.25, 0.3) is 0 Å². The zero-order valence-electron chi connectivity index (χ0n) is 10.4. The standard InChI is InChI=1S/C15H22O2/c16-15-13-11-9-7-5-3-1-2-4-6-8-10-12-14-17-15/h2-5,8,10H,1,6-7,9,11-14H2. The van der Waals surface area contributed by atoms with Gasteiger partial charge in [-0.3, -0.25) is 4.79 Å². The van der Waals surface area contributed by atoms with Gasteiger partial charge in [0.05, 0.1) is 6.61 Å². The molecule has 2 heteroatoms. The van der Waals surface area contributed by atoms with Gasteiger partial charge in [0.1, 0.15) is 0 Å². The van der Waals surface area contributed by atoms with Crippen LogP contribution in [0.15, 0.2) is 36.5 Å². The van der Waals surface area contributed by atoms with Gasteiger partial charge in [0.25, 0.3) is 0 Å². The number of carbonyl (C=O) groups excluding carboxylic acids is 1. The minimum atomic E-state index is -0.0608. The quantitative estimate of drug-likeness (QED) is 0.468. The predicted molar refractivity (Wildman–Crippen MR) is 70.7 cm³/mol. The molecule has 0 spiro atoms. The highest BCUT2D eigenvalue weighted by Gasteiger charge is 2.00. The molecule has 0 bridgehead atoms. The van der Waals surface area contributed by atoms with E-state index in [1.54, 1.807) is 0 Å². The zero-order chi connectivity index (χ0) is 12.2. The van der Waals surface area contributed by atoms with E-state index in [-0.39, 0.29) is 5.97 Å². The molecule has 1 aliphatic rings. The molecule has 94 valence electrons. The average molecular weight is 234 g/mol. The summed E-state index contributed by atoms with van der Waals surface area (Å²) in [6.45, 7) is 0.513. The van der Waals surface area contributed by atoms with Crippen molar-refractivity contribution < 1.29 is 9.53 Å². The molecule has 0 unspecified atom stereocenters. The molecule has 0 amide bonds. The third-order valence-electron chi connectivity index (χ3n) is 2.59. The van der Waals surface area contributed by atoms with Crippen molar-refractivity contribution in [3.05, 3.63) is 36.5 Å². The molecule has 17 heavy (non-hydrogen) atoms. The first-order valence-electron chi connectivity index (χ1n) is 6.50. The molecular formula is C15H22O2. The molecule has 0 saturated heterocycles. The Labute approximate surface area is 104 Å². The van der Waals surface area contributed by atoms with Crippen molar-refractivity contribution >= 4 is 5.97 Å². The van der Waals surface area contributed by atoms with Gasteiger partial charge in [-0.2, -0.15) is 0 Å². The Morgan fingerprint density at radius 2 is 1.47 bits per heavy atom. The van der Waals surface area contributed by atoms with Crippen LogP contribution >= 0.6 is 0 Å². The van der Waals surface area contributed by atoms with Gasteiger partial charge in [0, 0.05) is 6.42 Å². The molecule has 0 atom stereocenters. The lowest BCUT2D eigenvalue weighted by Crippen LogP contribution is -2.04. The van der Waals surface area contributed by atoms with Gasteiger partial charge >= 0.3 is 5.97 Å². The summed E-state index contributed by atoms with van der Waals surface area (Å²) in [6, 6.07) is 0. The lowest BCUT2D eigenvalue weighted by atomic mass is 10.2. The van der Waals surface area contributed by atoms with Crippen molar-refractivity contribution in [2.24, 2.45) is 0 Å². The number of carbonyl (C=O) groups is 1. The molecule has 0 aromatic carbocycles. The molecule has 0 fully saturated rings. The van der Waals surface area contributed by atoms with E-state index in [4.69, 9.17) is 4.74 Å². The smallest absolute Gasteiger partial charge is 0.305 e. The van der Waals surface area contributed by atoms with Gasteiger partial charge in [0.2, 0.25) is 0 Å². The molecule has 1 heterocycles. The fraction of sp³-hybridized carbons (Fsp3) is 0.533. The lowest BCUT2D eigenvalue weighted by Gasteiger charge is -2.02. The van der Waals surface area contributed by atoms with Gasteiger partial charge in [-0.25, -0.2) is 0 Å². The first kappa shape index (κ1) is 13.8. The number of ether oxygens (including phenoxy) is 1. The molecule has 0 N–H and O–H groups in total. The van der Waals surface area contributed by atoms with Crippen molar-refractivity contribution in [1.29, 1.82) is 0 Å². The molecule has 0 radical (unpaired) electrons. The van der Waals surface area contributed by atoms with Crippen LogP contribution in [-0.2, 0) is 9.53 Å². The highest BCUT2D eigenvalue weighted by Crippen LogP contribution is 2.04. The second kappa shape index (κ2) is 9.88.